The van der Waals surface area contributed by atoms with E-state index in [1.807, 2.05) is 0 Å². The van der Waals surface area contributed by atoms with Crippen LogP contribution in [0, 0.1) is 0 Å². The molecule has 3 heterocycles. The Morgan fingerprint density at radius 2 is 0.516 bits per heavy atom. The van der Waals surface area contributed by atoms with Gasteiger partial charge in [-0.1, -0.05) is 176 Å². The van der Waals surface area contributed by atoms with Crippen LogP contribution in [0.15, 0.2) is 249 Å². The molecule has 0 saturated carbocycles. The van der Waals surface area contributed by atoms with Crippen LogP contribution in [0.1, 0.15) is 0 Å². The molecule has 3 nitrogen and oxygen atoms in total. The van der Waals surface area contributed by atoms with E-state index in [9.17, 15) is 0 Å². The summed E-state index contributed by atoms with van der Waals surface area (Å²) in [6.45, 7) is 0. The van der Waals surface area contributed by atoms with Crippen molar-refractivity contribution >= 4 is 94.2 Å². The predicted octanol–water partition coefficient (Wildman–Crippen LogP) is 12.4. The second kappa shape index (κ2) is 14.5. The quantitative estimate of drug-likeness (QED) is 0.112. The molecule has 3 aromatic heterocycles. The Balaban J connectivity index is 1.10. The molecule has 0 bridgehead atoms. The molecular formula is C60H41N3Si. The van der Waals surface area contributed by atoms with Gasteiger partial charge in [0.1, 0.15) is 0 Å². The summed E-state index contributed by atoms with van der Waals surface area (Å²) in [6, 6.07) is 92.5. The van der Waals surface area contributed by atoms with Crippen molar-refractivity contribution < 1.29 is 0 Å². The molecule has 0 unspecified atom stereocenters. The maximum Gasteiger partial charge on any atom is 0.179 e. The minimum absolute atomic E-state index is 1.15. The lowest BCUT2D eigenvalue weighted by atomic mass is 10.1. The van der Waals surface area contributed by atoms with E-state index in [1.54, 1.807) is 0 Å². The third-order valence-electron chi connectivity index (χ3n) is 13.5. The minimum atomic E-state index is -3.01. The van der Waals surface area contributed by atoms with E-state index in [0.717, 1.165) is 17.1 Å². The summed E-state index contributed by atoms with van der Waals surface area (Å²) in [5.41, 5.74) is 10.7. The molecule has 0 aliphatic heterocycles. The molecule has 13 rings (SSSR count). The highest BCUT2D eigenvalue weighted by Gasteiger charge is 2.42. The maximum absolute atomic E-state index is 3.01. The van der Waals surface area contributed by atoms with Gasteiger partial charge in [0.2, 0.25) is 0 Å². The smallest absolute Gasteiger partial charge is 0.179 e. The van der Waals surface area contributed by atoms with E-state index in [1.165, 1.54) is 86.2 Å². The summed E-state index contributed by atoms with van der Waals surface area (Å²) in [6.07, 6.45) is 0. The largest absolute Gasteiger partial charge is 0.309 e. The van der Waals surface area contributed by atoms with E-state index in [0.29, 0.717) is 0 Å². The number of rotatable bonds is 7. The first kappa shape index (κ1) is 36.5. The Morgan fingerprint density at radius 1 is 0.203 bits per heavy atom. The Morgan fingerprint density at radius 3 is 0.953 bits per heavy atom. The minimum Gasteiger partial charge on any atom is -0.309 e. The number of fused-ring (bicyclic) bond motifs is 9. The summed E-state index contributed by atoms with van der Waals surface area (Å²) in [5.74, 6) is 0. The van der Waals surface area contributed by atoms with Crippen molar-refractivity contribution in [2.45, 2.75) is 0 Å². The van der Waals surface area contributed by atoms with Gasteiger partial charge in [0, 0.05) is 49.4 Å². The lowest BCUT2D eigenvalue weighted by molar-refractivity contribution is 1.17. The van der Waals surface area contributed by atoms with Crippen molar-refractivity contribution in [3.05, 3.63) is 249 Å². The first-order chi connectivity index (χ1) is 31.8. The number of aromatic nitrogens is 3. The number of nitrogens with zero attached hydrogens (tertiary/aromatic N) is 3. The summed E-state index contributed by atoms with van der Waals surface area (Å²) >= 11 is 0. The van der Waals surface area contributed by atoms with E-state index in [2.05, 4.69) is 262 Å². The zero-order chi connectivity index (χ0) is 42.2. The van der Waals surface area contributed by atoms with Crippen molar-refractivity contribution in [1.29, 1.82) is 0 Å². The molecule has 0 N–H and O–H groups in total. The van der Waals surface area contributed by atoms with Gasteiger partial charge < -0.3 is 13.7 Å². The highest BCUT2D eigenvalue weighted by atomic mass is 28.3. The molecule has 0 aliphatic carbocycles. The molecule has 0 amide bonds. The molecule has 13 aromatic rings. The number of para-hydroxylation sites is 5. The molecule has 0 atom stereocenters. The maximum atomic E-state index is 2.50. The lowest BCUT2D eigenvalue weighted by Gasteiger charge is -2.35. The van der Waals surface area contributed by atoms with Crippen LogP contribution in [0.4, 0.5) is 0 Å². The topological polar surface area (TPSA) is 14.8 Å². The second-order valence-electron chi connectivity index (χ2n) is 16.9. The first-order valence-electron chi connectivity index (χ1n) is 22.1. The van der Waals surface area contributed by atoms with Crippen molar-refractivity contribution in [3.8, 4) is 17.1 Å². The fraction of sp³-hybridized carbons (Fsp3) is 0. The molecule has 64 heavy (non-hydrogen) atoms. The van der Waals surface area contributed by atoms with Crippen LogP contribution in [0.25, 0.3) is 82.5 Å². The fourth-order valence-electron chi connectivity index (χ4n) is 10.9. The molecule has 0 spiro atoms. The van der Waals surface area contributed by atoms with Gasteiger partial charge in [-0.25, -0.2) is 0 Å². The van der Waals surface area contributed by atoms with Crippen LogP contribution in [0.2, 0.25) is 0 Å². The Labute approximate surface area is 372 Å². The fourth-order valence-corrected chi connectivity index (χ4v) is 15.7. The third-order valence-corrected chi connectivity index (χ3v) is 18.3. The van der Waals surface area contributed by atoms with Crippen LogP contribution >= 0.6 is 0 Å². The number of benzene rings is 10. The summed E-state index contributed by atoms with van der Waals surface area (Å²) in [7, 11) is -3.01. The van der Waals surface area contributed by atoms with Crippen molar-refractivity contribution in [1.82, 2.24) is 13.7 Å². The van der Waals surface area contributed by atoms with E-state index < -0.39 is 8.07 Å². The van der Waals surface area contributed by atoms with Gasteiger partial charge in [0.05, 0.1) is 33.1 Å². The van der Waals surface area contributed by atoms with Crippen LogP contribution in [-0.2, 0) is 0 Å². The summed E-state index contributed by atoms with van der Waals surface area (Å²) in [4.78, 5) is 0. The van der Waals surface area contributed by atoms with Gasteiger partial charge in [0.25, 0.3) is 0 Å². The average Bonchev–Trinajstić information content (AvgIpc) is 4.00. The normalized spacial score (nSPS) is 12.1. The Bertz CT molecular complexity index is 3800. The second-order valence-corrected chi connectivity index (χ2v) is 20.7. The van der Waals surface area contributed by atoms with Gasteiger partial charge in [-0.05, 0) is 93.5 Å². The molecular weight excluding hydrogens is 791 g/mol. The Hall–Kier alpha value is -8.18. The number of hydrogen-bond donors (Lipinski definition) is 0. The zero-order valence-electron chi connectivity index (χ0n) is 35.0. The van der Waals surface area contributed by atoms with Gasteiger partial charge in [-0.2, -0.15) is 0 Å². The molecule has 0 saturated heterocycles. The van der Waals surface area contributed by atoms with E-state index in [-0.39, 0.29) is 0 Å². The monoisotopic (exact) mass is 831 g/mol. The molecule has 300 valence electrons. The van der Waals surface area contributed by atoms with Crippen LogP contribution < -0.4 is 20.7 Å². The van der Waals surface area contributed by atoms with Crippen molar-refractivity contribution in [3.63, 3.8) is 0 Å². The molecule has 0 radical (unpaired) electrons. The zero-order valence-corrected chi connectivity index (χ0v) is 36.0. The number of hydrogen-bond acceptors (Lipinski definition) is 0. The molecule has 0 fully saturated rings. The van der Waals surface area contributed by atoms with Crippen LogP contribution in [0.3, 0.4) is 0 Å². The van der Waals surface area contributed by atoms with Gasteiger partial charge >= 0.3 is 0 Å². The third kappa shape index (κ3) is 5.33. The van der Waals surface area contributed by atoms with Crippen LogP contribution in [-0.4, -0.2) is 21.8 Å². The molecule has 10 aromatic carbocycles. The van der Waals surface area contributed by atoms with Crippen molar-refractivity contribution in [2.75, 3.05) is 0 Å². The van der Waals surface area contributed by atoms with Gasteiger partial charge in [-0.3, -0.25) is 0 Å². The lowest BCUT2D eigenvalue weighted by Crippen LogP contribution is -2.74. The highest BCUT2D eigenvalue weighted by molar-refractivity contribution is 7.20. The van der Waals surface area contributed by atoms with Gasteiger partial charge in [-0.15, -0.1) is 0 Å². The van der Waals surface area contributed by atoms with Crippen molar-refractivity contribution in [2.24, 2.45) is 0 Å². The summed E-state index contributed by atoms with van der Waals surface area (Å²) in [5, 5.41) is 12.9. The van der Waals surface area contributed by atoms with E-state index in [4.69, 9.17) is 0 Å². The SMILES string of the molecule is c1ccc(-n2c3ccccc3c3cc4c5ccccc5n(-c5cccc([Si](c6ccccc6)(c6ccccc6)c6cccc(-n7c8ccccc8c8ccccc87)c6)c5)c4cc32)cc1. The van der Waals surface area contributed by atoms with Crippen LogP contribution in [0.5, 0.6) is 0 Å². The Kier molecular flexibility index (Phi) is 8.23. The van der Waals surface area contributed by atoms with E-state index >= 15 is 0 Å². The average molecular weight is 832 g/mol. The molecule has 4 heteroatoms. The predicted molar refractivity (Wildman–Crippen MR) is 273 cm³/mol. The van der Waals surface area contributed by atoms with Gasteiger partial charge in [0.15, 0.2) is 8.07 Å². The molecule has 0 aliphatic rings. The first-order valence-corrected chi connectivity index (χ1v) is 24.1. The standard InChI is InChI=1S/C60H41N3Si/c1-4-20-42(21-5-1)61-57-36-16-12-32-51(57)53-40-54-52-33-13-17-37-58(52)63(60(54)41-59(53)61)44-23-19-29-48(39-44)64(45-24-6-2-7-25-45,46-26-8-3-9-27-46)47-28-18-22-43(38-47)62-55-34-14-10-30-49(55)50-31-11-15-35-56(50)62/h1-41H. The summed E-state index contributed by atoms with van der Waals surface area (Å²) < 4.78 is 7.38. The highest BCUT2D eigenvalue weighted by Crippen LogP contribution is 2.40.